The Hall–Kier alpha value is -1.61. The van der Waals surface area contributed by atoms with Crippen LogP contribution in [-0.2, 0) is 19.6 Å². The van der Waals surface area contributed by atoms with Gasteiger partial charge < -0.3 is 10.6 Å². The van der Waals surface area contributed by atoms with Gasteiger partial charge in [0.1, 0.15) is 0 Å². The number of rotatable bonds is 6. The van der Waals surface area contributed by atoms with Crippen molar-refractivity contribution in [2.45, 2.75) is 38.9 Å². The Morgan fingerprint density at radius 2 is 1.73 bits per heavy atom. The summed E-state index contributed by atoms with van der Waals surface area (Å²) in [4.78, 5) is 6.80. The van der Waals surface area contributed by atoms with E-state index in [4.69, 9.17) is 0 Å². The number of hydrogen-bond acceptors (Lipinski definition) is 3. The standard InChI is InChI=1S/C19H28N6.HI/c1-20-19(22-14-18-9-10-23-24-18)21-13-16-5-7-17(8-6-16)15-25-11-3-2-4-12-25;/h5-10H,2-4,11-15H2,1H3,(H,23,24)(H2,20,21,22);1H. The molecular weight excluding hydrogens is 439 g/mol. The van der Waals surface area contributed by atoms with Crippen LogP contribution in [-0.4, -0.2) is 41.2 Å². The van der Waals surface area contributed by atoms with Gasteiger partial charge in [-0.15, -0.1) is 24.0 Å². The Balaban J connectivity index is 0.00000243. The fourth-order valence-electron chi connectivity index (χ4n) is 3.11. The maximum Gasteiger partial charge on any atom is 0.191 e. The molecule has 0 aliphatic carbocycles. The van der Waals surface area contributed by atoms with E-state index in [1.807, 2.05) is 6.07 Å². The van der Waals surface area contributed by atoms with Crippen LogP contribution in [0.1, 0.15) is 36.1 Å². The molecule has 142 valence electrons. The van der Waals surface area contributed by atoms with Gasteiger partial charge >= 0.3 is 0 Å². The van der Waals surface area contributed by atoms with Crippen molar-refractivity contribution in [1.29, 1.82) is 0 Å². The van der Waals surface area contributed by atoms with Crippen LogP contribution in [0, 0.1) is 0 Å². The molecule has 2 aromatic rings. The van der Waals surface area contributed by atoms with Crippen LogP contribution >= 0.6 is 24.0 Å². The van der Waals surface area contributed by atoms with Crippen LogP contribution in [0.25, 0.3) is 0 Å². The first kappa shape index (κ1) is 20.7. The fourth-order valence-corrected chi connectivity index (χ4v) is 3.11. The van der Waals surface area contributed by atoms with Crippen molar-refractivity contribution < 1.29 is 0 Å². The number of H-pyrrole nitrogens is 1. The summed E-state index contributed by atoms with van der Waals surface area (Å²) >= 11 is 0. The Morgan fingerprint density at radius 3 is 2.38 bits per heavy atom. The first-order valence-corrected chi connectivity index (χ1v) is 9.06. The molecule has 26 heavy (non-hydrogen) atoms. The summed E-state index contributed by atoms with van der Waals surface area (Å²) in [5.41, 5.74) is 3.68. The summed E-state index contributed by atoms with van der Waals surface area (Å²) in [6, 6.07) is 10.8. The quantitative estimate of drug-likeness (QED) is 0.347. The van der Waals surface area contributed by atoms with Crippen molar-refractivity contribution >= 4 is 29.9 Å². The molecule has 1 aliphatic rings. The SMILES string of the molecule is CN=C(NCc1ccc(CN2CCCCC2)cc1)NCc1ccn[nH]1.I. The molecule has 3 rings (SSSR count). The molecule has 1 fully saturated rings. The van der Waals surface area contributed by atoms with Crippen LogP contribution < -0.4 is 10.6 Å². The van der Waals surface area contributed by atoms with Crippen molar-refractivity contribution in [1.82, 2.24) is 25.7 Å². The maximum atomic E-state index is 4.25. The molecule has 0 saturated carbocycles. The van der Waals surface area contributed by atoms with Crippen LogP contribution in [0.4, 0.5) is 0 Å². The van der Waals surface area contributed by atoms with Gasteiger partial charge in [-0.1, -0.05) is 30.7 Å². The lowest BCUT2D eigenvalue weighted by molar-refractivity contribution is 0.221. The molecule has 2 heterocycles. The highest BCUT2D eigenvalue weighted by atomic mass is 127. The van der Waals surface area contributed by atoms with Crippen molar-refractivity contribution in [3.05, 3.63) is 53.3 Å². The normalized spacial score (nSPS) is 15.3. The van der Waals surface area contributed by atoms with E-state index < -0.39 is 0 Å². The Labute approximate surface area is 172 Å². The maximum absolute atomic E-state index is 4.25. The molecule has 7 heteroatoms. The van der Waals surface area contributed by atoms with E-state index in [2.05, 4.69) is 55.0 Å². The first-order valence-electron chi connectivity index (χ1n) is 9.06. The van der Waals surface area contributed by atoms with Gasteiger partial charge in [0.15, 0.2) is 5.96 Å². The molecule has 1 aliphatic heterocycles. The molecule has 1 aromatic carbocycles. The number of piperidine rings is 1. The minimum Gasteiger partial charge on any atom is -0.352 e. The van der Waals surface area contributed by atoms with Crippen LogP contribution in [0.2, 0.25) is 0 Å². The molecule has 6 nitrogen and oxygen atoms in total. The molecule has 0 bridgehead atoms. The molecule has 0 atom stereocenters. The monoisotopic (exact) mass is 468 g/mol. The summed E-state index contributed by atoms with van der Waals surface area (Å²) in [5, 5.41) is 13.5. The lowest BCUT2D eigenvalue weighted by Crippen LogP contribution is -2.36. The molecule has 3 N–H and O–H groups in total. The number of nitrogens with one attached hydrogen (secondary N) is 3. The third-order valence-electron chi connectivity index (χ3n) is 4.57. The van der Waals surface area contributed by atoms with E-state index >= 15 is 0 Å². The summed E-state index contributed by atoms with van der Waals surface area (Å²) in [6.45, 7) is 4.98. The average molecular weight is 468 g/mol. The largest absolute Gasteiger partial charge is 0.352 e. The zero-order valence-electron chi connectivity index (χ0n) is 15.4. The minimum absolute atomic E-state index is 0. The van der Waals surface area contributed by atoms with Crippen molar-refractivity contribution in [2.24, 2.45) is 4.99 Å². The van der Waals surface area contributed by atoms with E-state index in [9.17, 15) is 0 Å². The molecule has 0 spiro atoms. The van der Waals surface area contributed by atoms with Crippen molar-refractivity contribution in [3.8, 4) is 0 Å². The molecule has 1 saturated heterocycles. The van der Waals surface area contributed by atoms with Gasteiger partial charge in [0.2, 0.25) is 0 Å². The number of aromatic nitrogens is 2. The lowest BCUT2D eigenvalue weighted by atomic mass is 10.1. The van der Waals surface area contributed by atoms with E-state index in [1.54, 1.807) is 13.2 Å². The number of nitrogens with zero attached hydrogens (tertiary/aromatic N) is 3. The second-order valence-electron chi connectivity index (χ2n) is 6.51. The zero-order chi connectivity index (χ0) is 17.3. The van der Waals surface area contributed by atoms with Crippen molar-refractivity contribution in [2.75, 3.05) is 20.1 Å². The number of hydrogen-bond donors (Lipinski definition) is 3. The van der Waals surface area contributed by atoms with E-state index in [0.717, 1.165) is 24.7 Å². The number of guanidine groups is 1. The van der Waals surface area contributed by atoms with Crippen LogP contribution in [0.15, 0.2) is 41.5 Å². The molecule has 0 unspecified atom stereocenters. The number of halogens is 1. The Bertz CT molecular complexity index is 647. The predicted molar refractivity (Wildman–Crippen MR) is 117 cm³/mol. The Kier molecular flexibility index (Phi) is 8.90. The predicted octanol–water partition coefficient (Wildman–Crippen LogP) is 2.88. The zero-order valence-corrected chi connectivity index (χ0v) is 17.7. The van der Waals surface area contributed by atoms with Crippen LogP contribution in [0.3, 0.4) is 0 Å². The second-order valence-corrected chi connectivity index (χ2v) is 6.51. The third kappa shape index (κ3) is 6.60. The molecule has 1 aromatic heterocycles. The number of benzene rings is 1. The van der Waals surface area contributed by atoms with Gasteiger partial charge in [-0.25, -0.2) is 0 Å². The number of aromatic amines is 1. The summed E-state index contributed by atoms with van der Waals surface area (Å²) in [7, 11) is 1.78. The van der Waals surface area contributed by atoms with Gasteiger partial charge in [-0.2, -0.15) is 5.10 Å². The summed E-state index contributed by atoms with van der Waals surface area (Å²) in [6.07, 6.45) is 5.81. The third-order valence-corrected chi connectivity index (χ3v) is 4.57. The van der Waals surface area contributed by atoms with E-state index in [1.165, 1.54) is 43.5 Å². The summed E-state index contributed by atoms with van der Waals surface area (Å²) in [5.74, 6) is 0.784. The molecule has 0 amide bonds. The van der Waals surface area contributed by atoms with Crippen molar-refractivity contribution in [3.63, 3.8) is 0 Å². The second kappa shape index (κ2) is 11.2. The van der Waals surface area contributed by atoms with Gasteiger partial charge in [0, 0.05) is 26.3 Å². The topological polar surface area (TPSA) is 68.3 Å². The summed E-state index contributed by atoms with van der Waals surface area (Å²) < 4.78 is 0. The highest BCUT2D eigenvalue weighted by molar-refractivity contribution is 14.0. The molecular formula is C19H29IN6. The average Bonchev–Trinajstić information content (AvgIpc) is 3.18. The van der Waals surface area contributed by atoms with E-state index in [0.29, 0.717) is 6.54 Å². The number of aliphatic imine (C=N–C) groups is 1. The van der Waals surface area contributed by atoms with Crippen LogP contribution in [0.5, 0.6) is 0 Å². The smallest absolute Gasteiger partial charge is 0.191 e. The van der Waals surface area contributed by atoms with Gasteiger partial charge in [-0.3, -0.25) is 15.0 Å². The first-order chi connectivity index (χ1) is 12.3. The lowest BCUT2D eigenvalue weighted by Gasteiger charge is -2.26. The van der Waals surface area contributed by atoms with Gasteiger partial charge in [-0.05, 0) is 43.1 Å². The highest BCUT2D eigenvalue weighted by Gasteiger charge is 2.10. The van der Waals surface area contributed by atoms with Gasteiger partial charge in [0.25, 0.3) is 0 Å². The van der Waals surface area contributed by atoms with Gasteiger partial charge in [0.05, 0.1) is 12.2 Å². The molecule has 0 radical (unpaired) electrons. The Morgan fingerprint density at radius 1 is 1.04 bits per heavy atom. The fraction of sp³-hybridized carbons (Fsp3) is 0.474. The minimum atomic E-state index is 0. The van der Waals surface area contributed by atoms with E-state index in [-0.39, 0.29) is 24.0 Å². The highest BCUT2D eigenvalue weighted by Crippen LogP contribution is 2.13. The number of likely N-dealkylation sites (tertiary alicyclic amines) is 1.